The Balaban J connectivity index is 2.02. The zero-order valence-electron chi connectivity index (χ0n) is 12.7. The summed E-state index contributed by atoms with van der Waals surface area (Å²) < 4.78 is 10.4. The third-order valence-electron chi connectivity index (χ3n) is 3.72. The molecule has 2 amide bonds. The molecule has 0 spiro atoms. The van der Waals surface area contributed by atoms with Crippen LogP contribution in [0, 0.1) is 5.92 Å². The van der Waals surface area contributed by atoms with Crippen molar-refractivity contribution in [3.05, 3.63) is 23.8 Å². The molecule has 5 nitrogen and oxygen atoms in total. The maximum Gasteiger partial charge on any atom is 0.229 e. The molecule has 0 unspecified atom stereocenters. The Morgan fingerprint density at radius 1 is 1.10 bits per heavy atom. The van der Waals surface area contributed by atoms with Gasteiger partial charge in [-0.25, -0.2) is 0 Å². The fourth-order valence-electron chi connectivity index (χ4n) is 2.55. The molecule has 1 aliphatic rings. The Kier molecular flexibility index (Phi) is 4.83. The zero-order valence-corrected chi connectivity index (χ0v) is 12.7. The van der Waals surface area contributed by atoms with E-state index in [9.17, 15) is 9.59 Å². The van der Waals surface area contributed by atoms with E-state index < -0.39 is 0 Å². The molecule has 1 aromatic carbocycles. The van der Waals surface area contributed by atoms with Crippen molar-refractivity contribution < 1.29 is 19.1 Å². The molecular formula is C16H21NO4. The van der Waals surface area contributed by atoms with Gasteiger partial charge in [0, 0.05) is 19.4 Å². The van der Waals surface area contributed by atoms with Crippen molar-refractivity contribution in [2.45, 2.75) is 26.2 Å². The minimum atomic E-state index is -0.0702. The molecule has 0 atom stereocenters. The summed E-state index contributed by atoms with van der Waals surface area (Å²) in [6.45, 7) is 2.35. The van der Waals surface area contributed by atoms with Crippen LogP contribution in [-0.4, -0.2) is 37.5 Å². The number of rotatable bonds is 5. The van der Waals surface area contributed by atoms with Gasteiger partial charge in [-0.3, -0.25) is 14.5 Å². The number of hydrogen-bond donors (Lipinski definition) is 0. The lowest BCUT2D eigenvalue weighted by atomic mass is 9.97. The lowest BCUT2D eigenvalue weighted by Gasteiger charge is -2.28. The number of piperidine rings is 1. The first kappa shape index (κ1) is 15.4. The SMILES string of the molecule is COc1ccc(CCN2C(=O)CC(C)CC2=O)cc1OC. The highest BCUT2D eigenvalue weighted by atomic mass is 16.5. The zero-order chi connectivity index (χ0) is 15.4. The van der Waals surface area contributed by atoms with Gasteiger partial charge < -0.3 is 9.47 Å². The third kappa shape index (κ3) is 3.54. The number of amides is 2. The number of imide groups is 1. The minimum Gasteiger partial charge on any atom is -0.493 e. The summed E-state index contributed by atoms with van der Waals surface area (Å²) in [5.74, 6) is 1.33. The monoisotopic (exact) mass is 291 g/mol. The second kappa shape index (κ2) is 6.61. The van der Waals surface area contributed by atoms with Gasteiger partial charge in [-0.05, 0) is 30.0 Å². The molecule has 1 fully saturated rings. The minimum absolute atomic E-state index is 0.0702. The van der Waals surface area contributed by atoms with Crippen molar-refractivity contribution in [1.82, 2.24) is 4.90 Å². The molecule has 0 aliphatic carbocycles. The number of benzene rings is 1. The molecule has 0 radical (unpaired) electrons. The van der Waals surface area contributed by atoms with Crippen LogP contribution in [0.2, 0.25) is 0 Å². The van der Waals surface area contributed by atoms with Crippen LogP contribution in [0.25, 0.3) is 0 Å². The predicted octanol–water partition coefficient (Wildman–Crippen LogP) is 2.03. The normalized spacial score (nSPS) is 16.2. The predicted molar refractivity (Wildman–Crippen MR) is 78.4 cm³/mol. The number of likely N-dealkylation sites (tertiary alicyclic amines) is 1. The molecule has 21 heavy (non-hydrogen) atoms. The number of carbonyl (C=O) groups excluding carboxylic acids is 2. The molecule has 1 aliphatic heterocycles. The Morgan fingerprint density at radius 2 is 1.71 bits per heavy atom. The van der Waals surface area contributed by atoms with Crippen LogP contribution in [0.15, 0.2) is 18.2 Å². The first-order chi connectivity index (χ1) is 10.0. The van der Waals surface area contributed by atoms with Crippen molar-refractivity contribution in [1.29, 1.82) is 0 Å². The molecule has 0 aromatic heterocycles. The molecule has 1 saturated heterocycles. The maximum atomic E-state index is 11.9. The van der Waals surface area contributed by atoms with Gasteiger partial charge in [-0.1, -0.05) is 13.0 Å². The van der Waals surface area contributed by atoms with E-state index in [0.717, 1.165) is 5.56 Å². The van der Waals surface area contributed by atoms with Crippen LogP contribution in [-0.2, 0) is 16.0 Å². The highest BCUT2D eigenvalue weighted by Gasteiger charge is 2.29. The first-order valence-electron chi connectivity index (χ1n) is 7.09. The number of ether oxygens (including phenoxy) is 2. The van der Waals surface area contributed by atoms with Crippen molar-refractivity contribution in [2.75, 3.05) is 20.8 Å². The molecule has 114 valence electrons. The number of carbonyl (C=O) groups is 2. The second-order valence-corrected chi connectivity index (χ2v) is 5.39. The number of nitrogens with zero attached hydrogens (tertiary/aromatic N) is 1. The molecule has 1 aromatic rings. The fourth-order valence-corrected chi connectivity index (χ4v) is 2.55. The van der Waals surface area contributed by atoms with E-state index in [4.69, 9.17) is 9.47 Å². The van der Waals surface area contributed by atoms with Crippen LogP contribution in [0.1, 0.15) is 25.3 Å². The number of methoxy groups -OCH3 is 2. The standard InChI is InChI=1S/C16H21NO4/c1-11-8-15(18)17(16(19)9-11)7-6-12-4-5-13(20-2)14(10-12)21-3/h4-5,10-11H,6-9H2,1-3H3. The molecule has 1 heterocycles. The fraction of sp³-hybridized carbons (Fsp3) is 0.500. The number of hydrogen-bond acceptors (Lipinski definition) is 4. The molecule has 0 N–H and O–H groups in total. The summed E-state index contributed by atoms with van der Waals surface area (Å²) in [6, 6.07) is 5.62. The smallest absolute Gasteiger partial charge is 0.229 e. The lowest BCUT2D eigenvalue weighted by Crippen LogP contribution is -2.43. The highest BCUT2D eigenvalue weighted by Crippen LogP contribution is 2.28. The Hall–Kier alpha value is -2.04. The van der Waals surface area contributed by atoms with Gasteiger partial charge in [0.1, 0.15) is 0 Å². The Morgan fingerprint density at radius 3 is 2.29 bits per heavy atom. The van der Waals surface area contributed by atoms with Crippen LogP contribution in [0.3, 0.4) is 0 Å². The molecule has 5 heteroatoms. The topological polar surface area (TPSA) is 55.8 Å². The summed E-state index contributed by atoms with van der Waals surface area (Å²) in [5.41, 5.74) is 1.01. The lowest BCUT2D eigenvalue weighted by molar-refractivity contribution is -0.149. The van der Waals surface area contributed by atoms with Crippen LogP contribution in [0.5, 0.6) is 11.5 Å². The highest BCUT2D eigenvalue weighted by molar-refractivity contribution is 5.97. The van der Waals surface area contributed by atoms with E-state index in [2.05, 4.69) is 0 Å². The maximum absolute atomic E-state index is 11.9. The molecule has 0 bridgehead atoms. The largest absolute Gasteiger partial charge is 0.493 e. The molecular weight excluding hydrogens is 270 g/mol. The van der Waals surface area contributed by atoms with Gasteiger partial charge in [-0.15, -0.1) is 0 Å². The van der Waals surface area contributed by atoms with Gasteiger partial charge in [0.2, 0.25) is 11.8 Å². The average molecular weight is 291 g/mol. The van der Waals surface area contributed by atoms with Crippen molar-refractivity contribution in [3.63, 3.8) is 0 Å². The van der Waals surface area contributed by atoms with E-state index in [-0.39, 0.29) is 17.7 Å². The summed E-state index contributed by atoms with van der Waals surface area (Å²) >= 11 is 0. The Bertz CT molecular complexity index is 523. The van der Waals surface area contributed by atoms with Crippen molar-refractivity contribution >= 4 is 11.8 Å². The van der Waals surface area contributed by atoms with Crippen LogP contribution < -0.4 is 9.47 Å². The van der Waals surface area contributed by atoms with Crippen molar-refractivity contribution in [3.8, 4) is 11.5 Å². The van der Waals surface area contributed by atoms with Crippen LogP contribution in [0.4, 0.5) is 0 Å². The molecule has 2 rings (SSSR count). The second-order valence-electron chi connectivity index (χ2n) is 5.39. The van der Waals surface area contributed by atoms with Gasteiger partial charge in [-0.2, -0.15) is 0 Å². The van der Waals surface area contributed by atoms with Crippen LogP contribution >= 0.6 is 0 Å². The van der Waals surface area contributed by atoms with Gasteiger partial charge in [0.15, 0.2) is 11.5 Å². The van der Waals surface area contributed by atoms with Gasteiger partial charge in [0.05, 0.1) is 14.2 Å². The van der Waals surface area contributed by atoms with Crippen molar-refractivity contribution in [2.24, 2.45) is 5.92 Å². The van der Waals surface area contributed by atoms with Gasteiger partial charge >= 0.3 is 0 Å². The van der Waals surface area contributed by atoms with E-state index in [0.29, 0.717) is 37.3 Å². The molecule has 0 saturated carbocycles. The first-order valence-corrected chi connectivity index (χ1v) is 7.09. The van der Waals surface area contributed by atoms with Gasteiger partial charge in [0.25, 0.3) is 0 Å². The van der Waals surface area contributed by atoms with E-state index in [1.165, 1.54) is 4.90 Å². The third-order valence-corrected chi connectivity index (χ3v) is 3.72. The van der Waals surface area contributed by atoms with E-state index >= 15 is 0 Å². The van der Waals surface area contributed by atoms with E-state index in [1.54, 1.807) is 14.2 Å². The summed E-state index contributed by atoms with van der Waals surface area (Å²) in [5, 5.41) is 0. The Labute approximate surface area is 124 Å². The average Bonchev–Trinajstić information content (AvgIpc) is 2.45. The summed E-state index contributed by atoms with van der Waals surface area (Å²) in [4.78, 5) is 25.2. The summed E-state index contributed by atoms with van der Waals surface area (Å²) in [6.07, 6.45) is 1.53. The van der Waals surface area contributed by atoms with E-state index in [1.807, 2.05) is 25.1 Å². The quantitative estimate of drug-likeness (QED) is 0.779. The summed E-state index contributed by atoms with van der Waals surface area (Å²) in [7, 11) is 3.17.